The van der Waals surface area contributed by atoms with Gasteiger partial charge in [-0.25, -0.2) is 0 Å². The Bertz CT molecular complexity index is 599. The van der Waals surface area contributed by atoms with Crippen LogP contribution in [0.25, 0.3) is 0 Å². The lowest BCUT2D eigenvalue weighted by molar-refractivity contribution is -0.117. The number of hydrogen-bond acceptors (Lipinski definition) is 3. The Kier molecular flexibility index (Phi) is 3.41. The standard InChI is InChI=1S/C15H18N4O/c1-10-12(9-17-19-10)8-16-13-4-6-14(7-5-13)18-15(20)11-2-3-11/h4-7,9,11,16H,2-3,8H2,1H3,(H,17,19)(H,18,20). The van der Waals surface area contributed by atoms with Crippen molar-refractivity contribution in [3.63, 3.8) is 0 Å². The first-order chi connectivity index (χ1) is 9.72. The summed E-state index contributed by atoms with van der Waals surface area (Å²) in [6.45, 7) is 2.73. The molecule has 0 spiro atoms. The predicted octanol–water partition coefficient (Wildman–Crippen LogP) is 2.68. The van der Waals surface area contributed by atoms with Crippen LogP contribution in [0.2, 0.25) is 0 Å². The van der Waals surface area contributed by atoms with E-state index < -0.39 is 0 Å². The first-order valence-electron chi connectivity index (χ1n) is 6.86. The lowest BCUT2D eigenvalue weighted by atomic mass is 10.2. The van der Waals surface area contributed by atoms with Gasteiger partial charge in [-0.15, -0.1) is 0 Å². The van der Waals surface area contributed by atoms with E-state index in [4.69, 9.17) is 0 Å². The highest BCUT2D eigenvalue weighted by Crippen LogP contribution is 2.30. The number of anilines is 2. The van der Waals surface area contributed by atoms with Gasteiger partial charge in [-0.1, -0.05) is 0 Å². The molecule has 0 bridgehead atoms. The van der Waals surface area contributed by atoms with E-state index in [2.05, 4.69) is 20.8 Å². The number of nitrogens with one attached hydrogen (secondary N) is 3. The van der Waals surface area contributed by atoms with Gasteiger partial charge >= 0.3 is 0 Å². The van der Waals surface area contributed by atoms with Gasteiger partial charge in [0, 0.05) is 35.1 Å². The number of benzene rings is 1. The molecule has 3 N–H and O–H groups in total. The average Bonchev–Trinajstić information content (AvgIpc) is 3.22. The minimum absolute atomic E-state index is 0.139. The number of H-pyrrole nitrogens is 1. The lowest BCUT2D eigenvalue weighted by Gasteiger charge is -2.08. The van der Waals surface area contributed by atoms with Gasteiger partial charge in [0.05, 0.1) is 6.20 Å². The van der Waals surface area contributed by atoms with Gasteiger partial charge in [0.25, 0.3) is 0 Å². The Morgan fingerprint density at radius 3 is 2.60 bits per heavy atom. The molecule has 104 valence electrons. The van der Waals surface area contributed by atoms with E-state index in [1.54, 1.807) is 0 Å². The van der Waals surface area contributed by atoms with Crippen molar-refractivity contribution in [2.75, 3.05) is 10.6 Å². The molecule has 5 heteroatoms. The third-order valence-electron chi connectivity index (χ3n) is 3.52. The summed E-state index contributed by atoms with van der Waals surface area (Å²) in [6, 6.07) is 7.78. The Morgan fingerprint density at radius 1 is 1.30 bits per heavy atom. The number of nitrogens with zero attached hydrogens (tertiary/aromatic N) is 1. The van der Waals surface area contributed by atoms with Crippen molar-refractivity contribution in [3.8, 4) is 0 Å². The van der Waals surface area contributed by atoms with Gasteiger partial charge in [-0.05, 0) is 44.0 Å². The van der Waals surface area contributed by atoms with E-state index in [-0.39, 0.29) is 11.8 Å². The number of hydrogen-bond donors (Lipinski definition) is 3. The van der Waals surface area contributed by atoms with Crippen molar-refractivity contribution >= 4 is 17.3 Å². The molecule has 1 saturated carbocycles. The van der Waals surface area contributed by atoms with Crippen LogP contribution in [0.4, 0.5) is 11.4 Å². The number of amides is 1. The molecule has 0 atom stereocenters. The Hall–Kier alpha value is -2.30. The second-order valence-electron chi connectivity index (χ2n) is 5.21. The topological polar surface area (TPSA) is 69.8 Å². The van der Waals surface area contributed by atoms with Crippen molar-refractivity contribution < 1.29 is 4.79 Å². The van der Waals surface area contributed by atoms with E-state index in [0.29, 0.717) is 0 Å². The molecule has 1 amide bonds. The number of aryl methyl sites for hydroxylation is 1. The summed E-state index contributed by atoms with van der Waals surface area (Å²) in [5, 5.41) is 13.2. The number of carbonyl (C=O) groups is 1. The summed E-state index contributed by atoms with van der Waals surface area (Å²) in [5.74, 6) is 0.372. The molecule has 0 unspecified atom stereocenters. The molecule has 1 aliphatic rings. The third kappa shape index (κ3) is 2.99. The highest BCUT2D eigenvalue weighted by Gasteiger charge is 2.29. The molecular formula is C15H18N4O. The summed E-state index contributed by atoms with van der Waals surface area (Å²) in [5.41, 5.74) is 4.10. The molecule has 1 fully saturated rings. The smallest absolute Gasteiger partial charge is 0.227 e. The van der Waals surface area contributed by atoms with Crippen molar-refractivity contribution in [2.45, 2.75) is 26.3 Å². The zero-order chi connectivity index (χ0) is 13.9. The predicted molar refractivity (Wildman–Crippen MR) is 78.4 cm³/mol. The van der Waals surface area contributed by atoms with Gasteiger partial charge < -0.3 is 10.6 Å². The van der Waals surface area contributed by atoms with E-state index in [1.165, 1.54) is 0 Å². The molecular weight excluding hydrogens is 252 g/mol. The number of aromatic nitrogens is 2. The van der Waals surface area contributed by atoms with Crippen LogP contribution in [0.1, 0.15) is 24.1 Å². The zero-order valence-corrected chi connectivity index (χ0v) is 11.4. The van der Waals surface area contributed by atoms with E-state index in [1.807, 2.05) is 37.4 Å². The molecule has 20 heavy (non-hydrogen) atoms. The first kappa shape index (κ1) is 12.7. The third-order valence-corrected chi connectivity index (χ3v) is 3.52. The van der Waals surface area contributed by atoms with Gasteiger partial charge in [-0.2, -0.15) is 5.10 Å². The van der Waals surface area contributed by atoms with Crippen molar-refractivity contribution in [3.05, 3.63) is 41.7 Å². The fourth-order valence-electron chi connectivity index (χ4n) is 2.01. The summed E-state index contributed by atoms with van der Waals surface area (Å²) in [4.78, 5) is 11.6. The zero-order valence-electron chi connectivity index (χ0n) is 11.4. The quantitative estimate of drug-likeness (QED) is 0.782. The molecule has 0 radical (unpaired) electrons. The van der Waals surface area contributed by atoms with Gasteiger partial charge in [0.15, 0.2) is 0 Å². The highest BCUT2D eigenvalue weighted by atomic mass is 16.2. The molecule has 3 rings (SSSR count). The second kappa shape index (κ2) is 5.36. The number of carbonyl (C=O) groups excluding carboxylic acids is 1. The Morgan fingerprint density at radius 2 is 2.00 bits per heavy atom. The molecule has 0 saturated heterocycles. The summed E-state index contributed by atoms with van der Waals surface area (Å²) in [7, 11) is 0. The Labute approximate surface area is 117 Å². The first-order valence-corrected chi connectivity index (χ1v) is 6.86. The van der Waals surface area contributed by atoms with Crippen LogP contribution in [0.3, 0.4) is 0 Å². The summed E-state index contributed by atoms with van der Waals surface area (Å²) < 4.78 is 0. The molecule has 1 aromatic carbocycles. The van der Waals surface area contributed by atoms with Crippen molar-refractivity contribution in [2.24, 2.45) is 5.92 Å². The largest absolute Gasteiger partial charge is 0.381 e. The Balaban J connectivity index is 1.55. The van der Waals surface area contributed by atoms with Crippen LogP contribution >= 0.6 is 0 Å². The molecule has 1 heterocycles. The van der Waals surface area contributed by atoms with Crippen LogP contribution in [0.5, 0.6) is 0 Å². The number of rotatable bonds is 5. The van der Waals surface area contributed by atoms with Gasteiger partial charge in [-0.3, -0.25) is 9.89 Å². The lowest BCUT2D eigenvalue weighted by Crippen LogP contribution is -2.13. The van der Waals surface area contributed by atoms with E-state index in [0.717, 1.165) is 42.0 Å². The van der Waals surface area contributed by atoms with Crippen molar-refractivity contribution in [1.29, 1.82) is 0 Å². The average molecular weight is 270 g/mol. The van der Waals surface area contributed by atoms with Gasteiger partial charge in [0.2, 0.25) is 5.91 Å². The molecule has 0 aliphatic heterocycles. The van der Waals surface area contributed by atoms with Crippen LogP contribution < -0.4 is 10.6 Å². The van der Waals surface area contributed by atoms with E-state index >= 15 is 0 Å². The fourth-order valence-corrected chi connectivity index (χ4v) is 2.01. The fraction of sp³-hybridized carbons (Fsp3) is 0.333. The monoisotopic (exact) mass is 270 g/mol. The maximum atomic E-state index is 11.6. The molecule has 5 nitrogen and oxygen atoms in total. The molecule has 1 aromatic heterocycles. The van der Waals surface area contributed by atoms with E-state index in [9.17, 15) is 4.79 Å². The highest BCUT2D eigenvalue weighted by molar-refractivity contribution is 5.94. The van der Waals surface area contributed by atoms with Gasteiger partial charge in [0.1, 0.15) is 0 Å². The molecule has 2 aromatic rings. The SMILES string of the molecule is Cc1[nH]ncc1CNc1ccc(NC(=O)C2CC2)cc1. The van der Waals surface area contributed by atoms with Crippen molar-refractivity contribution in [1.82, 2.24) is 10.2 Å². The summed E-state index contributed by atoms with van der Waals surface area (Å²) >= 11 is 0. The minimum atomic E-state index is 0.139. The normalized spacial score (nSPS) is 14.1. The maximum Gasteiger partial charge on any atom is 0.227 e. The van der Waals surface area contributed by atoms with Crippen LogP contribution in [-0.2, 0) is 11.3 Å². The van der Waals surface area contributed by atoms with Crippen LogP contribution in [0, 0.1) is 12.8 Å². The maximum absolute atomic E-state index is 11.6. The van der Waals surface area contributed by atoms with Crippen LogP contribution in [0.15, 0.2) is 30.5 Å². The molecule has 1 aliphatic carbocycles. The minimum Gasteiger partial charge on any atom is -0.381 e. The summed E-state index contributed by atoms with van der Waals surface area (Å²) in [6.07, 6.45) is 3.87. The van der Waals surface area contributed by atoms with Crippen LogP contribution in [-0.4, -0.2) is 16.1 Å². The second-order valence-corrected chi connectivity index (χ2v) is 5.21. The number of aromatic amines is 1.